The molecule has 1 atom stereocenters. The van der Waals surface area contributed by atoms with Gasteiger partial charge in [0, 0.05) is 12.6 Å². The number of hydrogen-bond acceptors (Lipinski definition) is 2. The number of nitrogens with one attached hydrogen (secondary N) is 1. The molecule has 2 aliphatic rings. The van der Waals surface area contributed by atoms with Crippen LogP contribution in [0.3, 0.4) is 0 Å². The van der Waals surface area contributed by atoms with Gasteiger partial charge in [0.25, 0.3) is 0 Å². The summed E-state index contributed by atoms with van der Waals surface area (Å²) in [4.78, 5) is 24.9. The third-order valence-corrected chi connectivity index (χ3v) is 3.28. The first-order valence-corrected chi connectivity index (χ1v) is 5.20. The van der Waals surface area contributed by atoms with E-state index in [2.05, 4.69) is 5.32 Å². The molecule has 2 fully saturated rings. The summed E-state index contributed by atoms with van der Waals surface area (Å²) in [7, 11) is 0. The lowest BCUT2D eigenvalue weighted by molar-refractivity contribution is -0.140. The Morgan fingerprint density at radius 2 is 2.14 bits per heavy atom. The van der Waals surface area contributed by atoms with Crippen LogP contribution in [0.1, 0.15) is 33.1 Å². The second kappa shape index (κ2) is 2.97. The van der Waals surface area contributed by atoms with Crippen LogP contribution in [0, 0.1) is 5.41 Å². The van der Waals surface area contributed by atoms with Crippen molar-refractivity contribution >= 4 is 11.9 Å². The van der Waals surface area contributed by atoms with Gasteiger partial charge in [-0.05, 0) is 26.2 Å². The molecule has 0 radical (unpaired) electrons. The zero-order valence-corrected chi connectivity index (χ0v) is 8.67. The molecule has 4 heteroatoms. The molecule has 1 aliphatic carbocycles. The smallest absolute Gasteiger partial charge is 0.324 e. The number of carbonyl (C=O) groups is 2. The van der Waals surface area contributed by atoms with Crippen molar-refractivity contribution in [2.24, 2.45) is 5.41 Å². The van der Waals surface area contributed by atoms with Gasteiger partial charge in [0.05, 0.1) is 5.41 Å². The lowest BCUT2D eigenvalue weighted by Crippen LogP contribution is -2.60. The van der Waals surface area contributed by atoms with Crippen LogP contribution in [-0.4, -0.2) is 29.4 Å². The molecule has 1 N–H and O–H groups in total. The second-order valence-corrected chi connectivity index (χ2v) is 4.48. The first kappa shape index (κ1) is 9.49. The van der Waals surface area contributed by atoms with Crippen molar-refractivity contribution in [3.8, 4) is 0 Å². The van der Waals surface area contributed by atoms with Gasteiger partial charge in [0.1, 0.15) is 0 Å². The molecule has 4 nitrogen and oxygen atoms in total. The van der Waals surface area contributed by atoms with Crippen molar-refractivity contribution < 1.29 is 9.59 Å². The number of urea groups is 1. The summed E-state index contributed by atoms with van der Waals surface area (Å²) in [5, 5.41) is 2.79. The van der Waals surface area contributed by atoms with Crippen LogP contribution < -0.4 is 5.32 Å². The Morgan fingerprint density at radius 1 is 1.50 bits per heavy atom. The van der Waals surface area contributed by atoms with Crippen LogP contribution in [0.5, 0.6) is 0 Å². The minimum atomic E-state index is -0.392. The molecule has 1 saturated heterocycles. The van der Waals surface area contributed by atoms with Crippen molar-refractivity contribution in [2.75, 3.05) is 6.54 Å². The van der Waals surface area contributed by atoms with Crippen LogP contribution in [0.4, 0.5) is 4.79 Å². The van der Waals surface area contributed by atoms with Crippen molar-refractivity contribution in [3.63, 3.8) is 0 Å². The van der Waals surface area contributed by atoms with E-state index in [0.29, 0.717) is 6.54 Å². The molecule has 1 aliphatic heterocycles. The summed E-state index contributed by atoms with van der Waals surface area (Å²) in [6, 6.07) is -0.0305. The quantitative estimate of drug-likeness (QED) is 0.719. The summed E-state index contributed by atoms with van der Waals surface area (Å²) < 4.78 is 0. The van der Waals surface area contributed by atoms with Crippen LogP contribution >= 0.6 is 0 Å². The molecule has 1 saturated carbocycles. The molecule has 0 aromatic carbocycles. The molecule has 1 unspecified atom stereocenters. The maximum absolute atomic E-state index is 12.0. The summed E-state index contributed by atoms with van der Waals surface area (Å²) in [5.41, 5.74) is -0.392. The maximum atomic E-state index is 12.0. The van der Waals surface area contributed by atoms with E-state index in [0.717, 1.165) is 19.3 Å². The van der Waals surface area contributed by atoms with Gasteiger partial charge in [-0.2, -0.15) is 0 Å². The van der Waals surface area contributed by atoms with Crippen LogP contribution in [-0.2, 0) is 4.79 Å². The van der Waals surface area contributed by atoms with E-state index in [1.54, 1.807) is 0 Å². The van der Waals surface area contributed by atoms with Gasteiger partial charge in [-0.1, -0.05) is 6.92 Å². The van der Waals surface area contributed by atoms with Crippen molar-refractivity contribution in [3.05, 3.63) is 0 Å². The highest BCUT2D eigenvalue weighted by atomic mass is 16.2. The van der Waals surface area contributed by atoms with Gasteiger partial charge in [0.15, 0.2) is 0 Å². The Kier molecular flexibility index (Phi) is 2.01. The van der Waals surface area contributed by atoms with Gasteiger partial charge >= 0.3 is 6.03 Å². The third-order valence-electron chi connectivity index (χ3n) is 3.28. The van der Waals surface area contributed by atoms with E-state index in [9.17, 15) is 9.59 Å². The highest BCUT2D eigenvalue weighted by Crippen LogP contribution is 2.34. The second-order valence-electron chi connectivity index (χ2n) is 4.48. The minimum absolute atomic E-state index is 0.00579. The Labute approximate surface area is 83.6 Å². The Bertz CT molecular complexity index is 286. The predicted octanol–water partition coefficient (Wildman–Crippen LogP) is 1.12. The lowest BCUT2D eigenvalue weighted by Gasteiger charge is -2.38. The average molecular weight is 196 g/mol. The summed E-state index contributed by atoms with van der Waals surface area (Å²) in [6.45, 7) is 4.38. The molecular weight excluding hydrogens is 180 g/mol. The van der Waals surface area contributed by atoms with E-state index in [-0.39, 0.29) is 18.0 Å². The molecular formula is C10H16N2O2. The van der Waals surface area contributed by atoms with Gasteiger partial charge in [0.2, 0.25) is 5.91 Å². The normalized spacial score (nSPS) is 33.1. The molecule has 0 spiro atoms. The number of nitrogens with zero attached hydrogens (tertiary/aromatic N) is 1. The van der Waals surface area contributed by atoms with E-state index in [1.807, 2.05) is 13.8 Å². The molecule has 0 bridgehead atoms. The van der Waals surface area contributed by atoms with E-state index in [4.69, 9.17) is 0 Å². The number of imide groups is 1. The summed E-state index contributed by atoms with van der Waals surface area (Å²) >= 11 is 0. The third kappa shape index (κ3) is 1.29. The summed E-state index contributed by atoms with van der Waals surface area (Å²) in [6.07, 6.45) is 2.72. The SMILES string of the molecule is CCC1(C)CNC(=O)N(C2CC2)C1=O. The molecule has 0 aromatic heterocycles. The largest absolute Gasteiger partial charge is 0.337 e. The monoisotopic (exact) mass is 196 g/mol. The van der Waals surface area contributed by atoms with Crippen LogP contribution in [0.25, 0.3) is 0 Å². The Morgan fingerprint density at radius 3 is 2.64 bits per heavy atom. The Hall–Kier alpha value is -1.06. The Balaban J connectivity index is 2.21. The highest BCUT2D eigenvalue weighted by molar-refractivity contribution is 6.00. The van der Waals surface area contributed by atoms with Gasteiger partial charge in [-0.15, -0.1) is 0 Å². The fraction of sp³-hybridized carbons (Fsp3) is 0.800. The van der Waals surface area contributed by atoms with E-state index in [1.165, 1.54) is 4.90 Å². The number of amides is 3. The standard InChI is InChI=1S/C10H16N2O2/c1-3-10(2)6-11-9(14)12(8(10)13)7-4-5-7/h7H,3-6H2,1-2H3,(H,11,14). The highest BCUT2D eigenvalue weighted by Gasteiger charge is 2.47. The van der Waals surface area contributed by atoms with Crippen molar-refractivity contribution in [1.29, 1.82) is 0 Å². The van der Waals surface area contributed by atoms with E-state index < -0.39 is 5.41 Å². The first-order chi connectivity index (χ1) is 6.58. The number of carbonyl (C=O) groups excluding carboxylic acids is 2. The molecule has 1 heterocycles. The van der Waals surface area contributed by atoms with Crippen molar-refractivity contribution in [1.82, 2.24) is 10.2 Å². The van der Waals surface area contributed by atoms with E-state index >= 15 is 0 Å². The topological polar surface area (TPSA) is 49.4 Å². The zero-order valence-electron chi connectivity index (χ0n) is 8.67. The van der Waals surface area contributed by atoms with Crippen LogP contribution in [0.15, 0.2) is 0 Å². The molecule has 3 amide bonds. The van der Waals surface area contributed by atoms with Gasteiger partial charge in [-0.3, -0.25) is 9.69 Å². The predicted molar refractivity (Wildman–Crippen MR) is 51.7 cm³/mol. The minimum Gasteiger partial charge on any atom is -0.337 e. The van der Waals surface area contributed by atoms with Crippen LogP contribution in [0.2, 0.25) is 0 Å². The maximum Gasteiger partial charge on any atom is 0.324 e. The number of hydrogen-bond donors (Lipinski definition) is 1. The van der Waals surface area contributed by atoms with Gasteiger partial charge < -0.3 is 5.32 Å². The fourth-order valence-corrected chi connectivity index (χ4v) is 1.76. The zero-order chi connectivity index (χ0) is 10.3. The van der Waals surface area contributed by atoms with Crippen molar-refractivity contribution in [2.45, 2.75) is 39.2 Å². The van der Waals surface area contributed by atoms with Gasteiger partial charge in [-0.25, -0.2) is 4.79 Å². The fourth-order valence-electron chi connectivity index (χ4n) is 1.76. The molecule has 14 heavy (non-hydrogen) atoms. The number of rotatable bonds is 2. The molecule has 2 rings (SSSR count). The average Bonchev–Trinajstić information content (AvgIpc) is 2.97. The molecule has 78 valence electrons. The first-order valence-electron chi connectivity index (χ1n) is 5.20. The summed E-state index contributed by atoms with van der Waals surface area (Å²) in [5.74, 6) is 0.00579. The molecule has 0 aromatic rings. The lowest BCUT2D eigenvalue weighted by atomic mass is 9.84.